The fraction of sp³-hybridized carbons (Fsp3) is 0.429. The first-order chi connectivity index (χ1) is 14.0. The molecule has 4 rings (SSSR count). The molecule has 2 aromatic heterocycles. The zero-order valence-electron chi connectivity index (χ0n) is 17.0. The van der Waals surface area contributed by atoms with E-state index in [2.05, 4.69) is 9.88 Å². The molecule has 0 unspecified atom stereocenters. The molecule has 0 radical (unpaired) electrons. The molecule has 1 aromatic carbocycles. The monoisotopic (exact) mass is 411 g/mol. The van der Waals surface area contributed by atoms with E-state index in [1.807, 2.05) is 31.2 Å². The summed E-state index contributed by atoms with van der Waals surface area (Å²) in [4.78, 5) is 37.1. The molecule has 0 bridgehead atoms. The standard InChI is InChI=1S/C21H25N5O2S/c1-14-6-8-15(9-7-14)17-22-18-16(20(27)25(3)21(28)24(18)2)19(23-17)29-13-12-26-10-4-5-11-26/h6-9H,4-5,10-13H2,1-3H3. The van der Waals surface area contributed by atoms with E-state index in [1.165, 1.54) is 24.5 Å². The summed E-state index contributed by atoms with van der Waals surface area (Å²) < 4.78 is 2.56. The fourth-order valence-electron chi connectivity index (χ4n) is 3.64. The van der Waals surface area contributed by atoms with Gasteiger partial charge in [-0.3, -0.25) is 13.9 Å². The van der Waals surface area contributed by atoms with Crippen LogP contribution in [0.5, 0.6) is 0 Å². The van der Waals surface area contributed by atoms with Crippen LogP contribution in [0.1, 0.15) is 18.4 Å². The molecule has 152 valence electrons. The maximum absolute atomic E-state index is 12.9. The van der Waals surface area contributed by atoms with E-state index in [0.29, 0.717) is 21.9 Å². The highest BCUT2D eigenvalue weighted by Crippen LogP contribution is 2.26. The van der Waals surface area contributed by atoms with Gasteiger partial charge < -0.3 is 4.90 Å². The first kappa shape index (κ1) is 19.8. The molecule has 3 aromatic rings. The van der Waals surface area contributed by atoms with Gasteiger partial charge in [0.2, 0.25) is 0 Å². The topological polar surface area (TPSA) is 73.0 Å². The van der Waals surface area contributed by atoms with Gasteiger partial charge in [-0.05, 0) is 32.9 Å². The first-order valence-corrected chi connectivity index (χ1v) is 10.8. The Bertz CT molecular complexity index is 1160. The Kier molecular flexibility index (Phi) is 5.56. The van der Waals surface area contributed by atoms with Crippen molar-refractivity contribution >= 4 is 22.8 Å². The Labute approximate surface area is 173 Å². The molecule has 3 heterocycles. The Hall–Kier alpha value is -2.45. The van der Waals surface area contributed by atoms with Crippen LogP contribution in [0.4, 0.5) is 0 Å². The van der Waals surface area contributed by atoms with E-state index in [0.717, 1.165) is 41.1 Å². The van der Waals surface area contributed by atoms with Crippen LogP contribution >= 0.6 is 11.8 Å². The number of benzene rings is 1. The predicted octanol–water partition coefficient (Wildman–Crippen LogP) is 2.19. The van der Waals surface area contributed by atoms with E-state index < -0.39 is 0 Å². The summed E-state index contributed by atoms with van der Waals surface area (Å²) in [6.45, 7) is 5.26. The quantitative estimate of drug-likeness (QED) is 0.473. The molecule has 1 aliphatic heterocycles. The lowest BCUT2D eigenvalue weighted by atomic mass is 10.1. The fourth-order valence-corrected chi connectivity index (χ4v) is 4.66. The van der Waals surface area contributed by atoms with Crippen molar-refractivity contribution in [1.82, 2.24) is 24.0 Å². The smallest absolute Gasteiger partial charge is 0.303 e. The molecule has 0 saturated carbocycles. The van der Waals surface area contributed by atoms with Crippen molar-refractivity contribution < 1.29 is 0 Å². The maximum Gasteiger partial charge on any atom is 0.332 e. The van der Waals surface area contributed by atoms with Crippen LogP contribution < -0.4 is 11.2 Å². The van der Waals surface area contributed by atoms with Crippen molar-refractivity contribution in [3.8, 4) is 11.4 Å². The van der Waals surface area contributed by atoms with Crippen LogP contribution in [-0.4, -0.2) is 49.4 Å². The second kappa shape index (κ2) is 8.12. The lowest BCUT2D eigenvalue weighted by Crippen LogP contribution is -2.37. The summed E-state index contributed by atoms with van der Waals surface area (Å²) in [5, 5.41) is 1.05. The van der Waals surface area contributed by atoms with Crippen LogP contribution in [0.25, 0.3) is 22.4 Å². The highest BCUT2D eigenvalue weighted by Gasteiger charge is 2.19. The van der Waals surface area contributed by atoms with Crippen LogP contribution in [0, 0.1) is 6.92 Å². The van der Waals surface area contributed by atoms with Gasteiger partial charge in [-0.25, -0.2) is 14.8 Å². The first-order valence-electron chi connectivity index (χ1n) is 9.85. The summed E-state index contributed by atoms with van der Waals surface area (Å²) in [7, 11) is 3.14. The lowest BCUT2D eigenvalue weighted by Gasteiger charge is -2.15. The molecule has 8 heteroatoms. The minimum absolute atomic E-state index is 0.345. The van der Waals surface area contributed by atoms with E-state index in [9.17, 15) is 9.59 Å². The van der Waals surface area contributed by atoms with Gasteiger partial charge in [0.1, 0.15) is 10.4 Å². The summed E-state index contributed by atoms with van der Waals surface area (Å²) in [6.07, 6.45) is 2.50. The second-order valence-corrected chi connectivity index (χ2v) is 8.60. The van der Waals surface area contributed by atoms with Crippen molar-refractivity contribution in [2.45, 2.75) is 24.8 Å². The Balaban J connectivity index is 1.82. The Morgan fingerprint density at radius 3 is 2.38 bits per heavy atom. The molecular formula is C21H25N5O2S. The Morgan fingerprint density at radius 2 is 1.69 bits per heavy atom. The minimum atomic E-state index is -0.385. The number of rotatable bonds is 5. The van der Waals surface area contributed by atoms with Crippen molar-refractivity contribution in [1.29, 1.82) is 0 Å². The molecule has 0 spiro atoms. The molecular weight excluding hydrogens is 386 g/mol. The zero-order chi connectivity index (χ0) is 20.5. The van der Waals surface area contributed by atoms with Gasteiger partial charge in [-0.1, -0.05) is 29.8 Å². The lowest BCUT2D eigenvalue weighted by molar-refractivity contribution is 0.362. The summed E-state index contributed by atoms with van der Waals surface area (Å²) in [5.41, 5.74) is 1.67. The SMILES string of the molecule is Cc1ccc(-c2nc(SCCN3CCCC3)c3c(=O)n(C)c(=O)n(C)c3n2)cc1. The molecule has 1 saturated heterocycles. The molecule has 29 heavy (non-hydrogen) atoms. The van der Waals surface area contributed by atoms with Crippen LogP contribution in [-0.2, 0) is 14.1 Å². The largest absolute Gasteiger partial charge is 0.332 e. The molecule has 0 amide bonds. The zero-order valence-corrected chi connectivity index (χ0v) is 17.8. The van der Waals surface area contributed by atoms with Crippen LogP contribution in [0.2, 0.25) is 0 Å². The third-order valence-electron chi connectivity index (χ3n) is 5.42. The third kappa shape index (κ3) is 3.86. The van der Waals surface area contributed by atoms with Gasteiger partial charge in [-0.15, -0.1) is 11.8 Å². The highest BCUT2D eigenvalue weighted by molar-refractivity contribution is 7.99. The normalized spacial score (nSPS) is 14.7. The van der Waals surface area contributed by atoms with Gasteiger partial charge in [0.25, 0.3) is 5.56 Å². The van der Waals surface area contributed by atoms with E-state index in [4.69, 9.17) is 4.98 Å². The Morgan fingerprint density at radius 1 is 1.00 bits per heavy atom. The molecule has 0 atom stereocenters. The average molecular weight is 412 g/mol. The van der Waals surface area contributed by atoms with Gasteiger partial charge >= 0.3 is 5.69 Å². The van der Waals surface area contributed by atoms with Gasteiger partial charge in [0, 0.05) is 32.0 Å². The second-order valence-electron chi connectivity index (χ2n) is 7.52. The van der Waals surface area contributed by atoms with Gasteiger partial charge in [0.15, 0.2) is 11.5 Å². The molecule has 1 fully saturated rings. The summed E-state index contributed by atoms with van der Waals surface area (Å²) >= 11 is 1.56. The van der Waals surface area contributed by atoms with Crippen LogP contribution in [0.15, 0.2) is 38.9 Å². The predicted molar refractivity (Wildman–Crippen MR) is 117 cm³/mol. The van der Waals surface area contributed by atoms with E-state index >= 15 is 0 Å². The minimum Gasteiger partial charge on any atom is -0.303 e. The molecule has 0 N–H and O–H groups in total. The number of aromatic nitrogens is 4. The molecule has 7 nitrogen and oxygen atoms in total. The van der Waals surface area contributed by atoms with Gasteiger partial charge in [0.05, 0.1) is 0 Å². The third-order valence-corrected chi connectivity index (χ3v) is 6.38. The number of thioether (sulfide) groups is 1. The number of nitrogens with zero attached hydrogens (tertiary/aromatic N) is 5. The number of likely N-dealkylation sites (tertiary alicyclic amines) is 1. The van der Waals surface area contributed by atoms with Crippen molar-refractivity contribution in [3.63, 3.8) is 0 Å². The van der Waals surface area contributed by atoms with E-state index in [1.54, 1.807) is 18.8 Å². The average Bonchev–Trinajstić information content (AvgIpc) is 3.24. The number of aryl methyl sites for hydroxylation is 2. The summed E-state index contributed by atoms with van der Waals surface area (Å²) in [6, 6.07) is 7.95. The van der Waals surface area contributed by atoms with Crippen molar-refractivity contribution in [2.75, 3.05) is 25.4 Å². The maximum atomic E-state index is 12.9. The van der Waals surface area contributed by atoms with Crippen molar-refractivity contribution in [2.24, 2.45) is 14.1 Å². The van der Waals surface area contributed by atoms with Crippen LogP contribution in [0.3, 0.4) is 0 Å². The molecule has 0 aliphatic carbocycles. The highest BCUT2D eigenvalue weighted by atomic mass is 32.2. The molecule has 1 aliphatic rings. The van der Waals surface area contributed by atoms with E-state index in [-0.39, 0.29) is 11.2 Å². The number of hydrogen-bond acceptors (Lipinski definition) is 6. The number of fused-ring (bicyclic) bond motifs is 1. The van der Waals surface area contributed by atoms with Crippen molar-refractivity contribution in [3.05, 3.63) is 50.7 Å². The number of hydrogen-bond donors (Lipinski definition) is 0. The summed E-state index contributed by atoms with van der Waals surface area (Å²) in [5.74, 6) is 1.37. The van der Waals surface area contributed by atoms with Gasteiger partial charge in [-0.2, -0.15) is 0 Å².